The summed E-state index contributed by atoms with van der Waals surface area (Å²) in [6.07, 6.45) is 2.17. The van der Waals surface area contributed by atoms with E-state index in [0.29, 0.717) is 13.0 Å². The largest absolute Gasteiger partial charge is 0.428 e. The number of aliphatic hydroxyl groups excluding tert-OH is 1. The lowest BCUT2D eigenvalue weighted by Gasteiger charge is -2.27. The molecule has 2 aliphatic rings. The second-order valence-electron chi connectivity index (χ2n) is 5.43. The van der Waals surface area contributed by atoms with Gasteiger partial charge in [-0.2, -0.15) is 0 Å². The molecule has 1 saturated carbocycles. The van der Waals surface area contributed by atoms with Crippen molar-refractivity contribution < 1.29 is 19.3 Å². The van der Waals surface area contributed by atoms with E-state index in [0.717, 1.165) is 12.8 Å². The maximum absolute atomic E-state index is 12.6. The summed E-state index contributed by atoms with van der Waals surface area (Å²) in [6, 6.07) is -0.525. The van der Waals surface area contributed by atoms with Crippen LogP contribution in [0, 0.1) is 11.8 Å². The highest BCUT2D eigenvalue weighted by Crippen LogP contribution is 2.47. The monoisotopic (exact) mass is 282 g/mol. The van der Waals surface area contributed by atoms with Gasteiger partial charge >= 0.3 is 7.48 Å². The first-order valence-electron chi connectivity index (χ1n) is 6.95. The lowest BCUT2D eigenvalue weighted by molar-refractivity contribution is -0.137. The van der Waals surface area contributed by atoms with Crippen molar-refractivity contribution >= 4 is 19.3 Å². The van der Waals surface area contributed by atoms with Gasteiger partial charge in [-0.1, -0.05) is 0 Å². The van der Waals surface area contributed by atoms with Gasteiger partial charge in [0.2, 0.25) is 11.8 Å². The smallest absolute Gasteiger partial charge is 0.307 e. The average Bonchev–Trinajstić information content (AvgIpc) is 3.03. The van der Waals surface area contributed by atoms with E-state index in [4.69, 9.17) is 21.2 Å². The molecule has 1 heterocycles. The van der Waals surface area contributed by atoms with Crippen molar-refractivity contribution in [3.8, 4) is 0 Å². The third kappa shape index (κ3) is 3.13. The minimum absolute atomic E-state index is 0.000457. The molecule has 2 amide bonds. The van der Waals surface area contributed by atoms with Crippen LogP contribution in [0.2, 0.25) is 5.82 Å². The van der Waals surface area contributed by atoms with E-state index in [2.05, 4.69) is 0 Å². The molecule has 0 spiro atoms. The zero-order valence-corrected chi connectivity index (χ0v) is 11.4. The van der Waals surface area contributed by atoms with Crippen molar-refractivity contribution in [2.45, 2.75) is 31.1 Å². The van der Waals surface area contributed by atoms with Crippen molar-refractivity contribution in [1.29, 1.82) is 0 Å². The lowest BCUT2D eigenvalue weighted by Crippen LogP contribution is -2.46. The minimum Gasteiger partial charge on any atom is -0.428 e. The van der Waals surface area contributed by atoms with Crippen LogP contribution in [0.4, 0.5) is 0 Å². The first-order chi connectivity index (χ1) is 9.60. The highest BCUT2D eigenvalue weighted by molar-refractivity contribution is 6.38. The van der Waals surface area contributed by atoms with E-state index in [9.17, 15) is 9.59 Å². The van der Waals surface area contributed by atoms with Crippen molar-refractivity contribution in [3.05, 3.63) is 0 Å². The van der Waals surface area contributed by atoms with Crippen LogP contribution >= 0.6 is 0 Å². The molecule has 1 unspecified atom stereocenters. The van der Waals surface area contributed by atoms with Gasteiger partial charge in [-0.25, -0.2) is 0 Å². The molecule has 2 fully saturated rings. The van der Waals surface area contributed by atoms with Crippen LogP contribution in [0.15, 0.2) is 0 Å². The van der Waals surface area contributed by atoms with Crippen molar-refractivity contribution in [1.82, 2.24) is 4.90 Å². The van der Waals surface area contributed by atoms with E-state index in [-0.39, 0.29) is 31.1 Å². The van der Waals surface area contributed by atoms with E-state index in [1.807, 2.05) is 0 Å². The molecule has 0 bridgehead atoms. The number of hydrogen-bond acceptors (Lipinski definition) is 5. The SMILES string of the molecule is NCO[B][C@H](C(=O)N1CCCC1C(N)=O)[C@H]1C[C@@H]1CO. The number of nitrogens with zero attached hydrogens (tertiary/aromatic N) is 1. The summed E-state index contributed by atoms with van der Waals surface area (Å²) >= 11 is 0. The zero-order chi connectivity index (χ0) is 14.7. The van der Waals surface area contributed by atoms with Crippen LogP contribution in [-0.4, -0.2) is 55.2 Å². The van der Waals surface area contributed by atoms with Crippen LogP contribution in [0.3, 0.4) is 0 Å². The Morgan fingerprint density at radius 3 is 2.80 bits per heavy atom. The highest BCUT2D eigenvalue weighted by atomic mass is 16.4. The summed E-state index contributed by atoms with van der Waals surface area (Å²) in [5.41, 5.74) is 10.6. The number of carbonyl (C=O) groups excluding carboxylic acids is 2. The molecule has 2 rings (SSSR count). The maximum atomic E-state index is 12.6. The van der Waals surface area contributed by atoms with Gasteiger partial charge in [0.05, 0.1) is 6.73 Å². The van der Waals surface area contributed by atoms with Gasteiger partial charge in [0.25, 0.3) is 0 Å². The molecule has 0 aromatic rings. The summed E-state index contributed by atoms with van der Waals surface area (Å²) in [6.45, 7) is 0.597. The molecule has 1 aliphatic heterocycles. The minimum atomic E-state index is -0.525. The van der Waals surface area contributed by atoms with E-state index >= 15 is 0 Å². The van der Waals surface area contributed by atoms with Gasteiger partial charge in [-0.15, -0.1) is 0 Å². The number of likely N-dealkylation sites (tertiary alicyclic amines) is 1. The number of rotatable bonds is 7. The van der Waals surface area contributed by atoms with Crippen molar-refractivity contribution in [2.24, 2.45) is 23.3 Å². The Balaban J connectivity index is 2.04. The second-order valence-corrected chi connectivity index (χ2v) is 5.43. The molecule has 1 radical (unpaired) electrons. The first-order valence-corrected chi connectivity index (χ1v) is 6.95. The van der Waals surface area contributed by atoms with E-state index < -0.39 is 17.8 Å². The van der Waals surface area contributed by atoms with Crippen LogP contribution in [-0.2, 0) is 14.2 Å². The second kappa shape index (κ2) is 6.56. The van der Waals surface area contributed by atoms with Gasteiger partial charge in [-0.3, -0.25) is 9.59 Å². The van der Waals surface area contributed by atoms with E-state index in [1.54, 1.807) is 0 Å². The fourth-order valence-electron chi connectivity index (χ4n) is 2.94. The molecule has 5 N–H and O–H groups in total. The first kappa shape index (κ1) is 15.3. The van der Waals surface area contributed by atoms with Gasteiger partial charge in [-0.05, 0) is 31.1 Å². The van der Waals surface area contributed by atoms with Gasteiger partial charge in [0.15, 0.2) is 0 Å². The quantitative estimate of drug-likeness (QED) is 0.385. The zero-order valence-electron chi connectivity index (χ0n) is 11.4. The predicted molar refractivity (Wildman–Crippen MR) is 72.3 cm³/mol. The molecule has 0 aromatic heterocycles. The molecule has 4 atom stereocenters. The van der Waals surface area contributed by atoms with Crippen LogP contribution < -0.4 is 11.5 Å². The third-order valence-electron chi connectivity index (χ3n) is 4.16. The van der Waals surface area contributed by atoms with Gasteiger partial charge in [0.1, 0.15) is 6.04 Å². The Labute approximate surface area is 118 Å². The van der Waals surface area contributed by atoms with Gasteiger partial charge in [0, 0.05) is 19.0 Å². The fraction of sp³-hybridized carbons (Fsp3) is 0.833. The summed E-state index contributed by atoms with van der Waals surface area (Å²) < 4.78 is 5.07. The Kier molecular flexibility index (Phi) is 5.01. The maximum Gasteiger partial charge on any atom is 0.307 e. The molecule has 0 aromatic carbocycles. The number of nitrogens with two attached hydrogens (primary N) is 2. The molecule has 1 saturated heterocycles. The number of primary amides is 1. The normalized spacial score (nSPS) is 30.1. The Hall–Kier alpha value is -1.12. The summed E-state index contributed by atoms with van der Waals surface area (Å²) in [5.74, 6) is -0.899. The number of amides is 2. The molecule has 7 nitrogen and oxygen atoms in total. The van der Waals surface area contributed by atoms with E-state index in [1.165, 1.54) is 12.4 Å². The lowest BCUT2D eigenvalue weighted by atomic mass is 9.74. The molecule has 1 aliphatic carbocycles. The van der Waals surface area contributed by atoms with Crippen LogP contribution in [0.1, 0.15) is 19.3 Å². The third-order valence-corrected chi connectivity index (χ3v) is 4.16. The average molecular weight is 282 g/mol. The molecular weight excluding hydrogens is 261 g/mol. The number of carbonyl (C=O) groups is 2. The summed E-state index contributed by atoms with van der Waals surface area (Å²) in [5, 5.41) is 9.16. The number of hydrogen-bond donors (Lipinski definition) is 3. The van der Waals surface area contributed by atoms with Gasteiger partial charge < -0.3 is 26.1 Å². The Morgan fingerprint density at radius 1 is 1.50 bits per heavy atom. The van der Waals surface area contributed by atoms with Crippen LogP contribution in [0.5, 0.6) is 0 Å². The molecule has 111 valence electrons. The molecule has 8 heteroatoms. The topological polar surface area (TPSA) is 119 Å². The summed E-state index contributed by atoms with van der Waals surface area (Å²) in [7, 11) is 1.44. The Bertz CT molecular complexity index is 382. The summed E-state index contributed by atoms with van der Waals surface area (Å²) in [4.78, 5) is 25.5. The molecular formula is C12H21BN3O4. The van der Waals surface area contributed by atoms with Crippen molar-refractivity contribution in [3.63, 3.8) is 0 Å². The predicted octanol–water partition coefficient (Wildman–Crippen LogP) is -1.57. The van der Waals surface area contributed by atoms with Crippen LogP contribution in [0.25, 0.3) is 0 Å². The fourth-order valence-corrected chi connectivity index (χ4v) is 2.94. The Morgan fingerprint density at radius 2 is 2.25 bits per heavy atom. The molecule has 20 heavy (non-hydrogen) atoms. The number of aliphatic hydroxyl groups is 1. The standard InChI is InChI=1S/C12H21BN3O4/c14-6-20-13-10(8-4-7(8)5-17)12(19)16-3-1-2-9(16)11(15)18/h7-10,17H,1-6,14H2,(H2,15,18)/t7-,8+,9?,10+/m1/s1. The highest BCUT2D eigenvalue weighted by Gasteiger charge is 2.48. The van der Waals surface area contributed by atoms with Crippen molar-refractivity contribution in [2.75, 3.05) is 19.9 Å².